The first-order chi connectivity index (χ1) is 14.6. The number of carbonyl (C=O) groups is 1. The Kier molecular flexibility index (Phi) is 6.64. The Morgan fingerprint density at radius 2 is 1.90 bits per heavy atom. The lowest BCUT2D eigenvalue weighted by Crippen LogP contribution is -2.20. The van der Waals surface area contributed by atoms with Gasteiger partial charge < -0.3 is 19.4 Å². The van der Waals surface area contributed by atoms with E-state index in [2.05, 4.69) is 10.3 Å². The number of ether oxygens (including phenoxy) is 2. The summed E-state index contributed by atoms with van der Waals surface area (Å²) >= 11 is 5.92. The lowest BCUT2D eigenvalue weighted by atomic mass is 10.2. The van der Waals surface area contributed by atoms with Gasteiger partial charge in [0.1, 0.15) is 5.65 Å². The van der Waals surface area contributed by atoms with Crippen LogP contribution in [0.15, 0.2) is 30.3 Å². The fourth-order valence-electron chi connectivity index (χ4n) is 3.14. The molecular formula is C21H21ClF3N3O3. The number of nitrogens with one attached hydrogen (secondary N) is 1. The number of carbonyl (C=O) groups excluding carboxylic acids is 1. The topological polar surface area (TPSA) is 65.4 Å². The van der Waals surface area contributed by atoms with Crippen LogP contribution in [0, 0.1) is 0 Å². The summed E-state index contributed by atoms with van der Waals surface area (Å²) in [6.07, 6.45) is -4.03. The number of aryl methyl sites for hydroxylation is 2. The van der Waals surface area contributed by atoms with Gasteiger partial charge in [-0.2, -0.15) is 13.2 Å². The highest BCUT2D eigenvalue weighted by atomic mass is 35.5. The Bertz CT molecular complexity index is 1100. The quantitative estimate of drug-likeness (QED) is 0.466. The van der Waals surface area contributed by atoms with E-state index < -0.39 is 18.8 Å². The number of alkyl halides is 3. The molecule has 0 aliphatic carbocycles. The van der Waals surface area contributed by atoms with Gasteiger partial charge in [-0.1, -0.05) is 18.5 Å². The number of esters is 1. The molecule has 0 spiro atoms. The Labute approximate surface area is 181 Å². The molecule has 2 heterocycles. The minimum Gasteiger partial charge on any atom is -0.481 e. The molecule has 2 aromatic heterocycles. The monoisotopic (exact) mass is 455 g/mol. The molecule has 10 heteroatoms. The molecule has 1 aromatic carbocycles. The van der Waals surface area contributed by atoms with Crippen LogP contribution in [-0.4, -0.2) is 34.9 Å². The van der Waals surface area contributed by atoms with Crippen LogP contribution in [-0.2, 0) is 18.2 Å². The number of fused-ring (bicyclic) bond motifs is 1. The SMILES string of the molecule is CCOC(=O)c1c(OCC(F)(F)F)c2cc(Nc3ccc(Cl)cc3)c(CC)nc2n1C. The second kappa shape index (κ2) is 9.05. The number of anilines is 2. The maximum Gasteiger partial charge on any atom is 0.422 e. The van der Waals surface area contributed by atoms with Crippen LogP contribution in [0.5, 0.6) is 5.75 Å². The van der Waals surface area contributed by atoms with Crippen LogP contribution in [0.25, 0.3) is 11.0 Å². The minimum atomic E-state index is -4.57. The van der Waals surface area contributed by atoms with Crippen molar-refractivity contribution in [1.82, 2.24) is 9.55 Å². The van der Waals surface area contributed by atoms with Gasteiger partial charge in [-0.15, -0.1) is 0 Å². The number of hydrogen-bond acceptors (Lipinski definition) is 5. The molecule has 0 saturated heterocycles. The molecule has 6 nitrogen and oxygen atoms in total. The van der Waals surface area contributed by atoms with Crippen molar-refractivity contribution in [3.8, 4) is 5.75 Å². The van der Waals surface area contributed by atoms with E-state index in [1.165, 1.54) is 11.6 Å². The maximum atomic E-state index is 12.9. The van der Waals surface area contributed by atoms with Gasteiger partial charge in [0.05, 0.1) is 23.4 Å². The predicted octanol–water partition coefficient (Wildman–Crippen LogP) is 5.65. The van der Waals surface area contributed by atoms with Gasteiger partial charge in [0.25, 0.3) is 0 Å². The zero-order chi connectivity index (χ0) is 22.8. The van der Waals surface area contributed by atoms with Crippen LogP contribution in [0.3, 0.4) is 0 Å². The number of hydrogen-bond donors (Lipinski definition) is 1. The highest BCUT2D eigenvalue weighted by Crippen LogP contribution is 2.37. The number of nitrogens with zero attached hydrogens (tertiary/aromatic N) is 2. The van der Waals surface area contributed by atoms with E-state index >= 15 is 0 Å². The van der Waals surface area contributed by atoms with Gasteiger partial charge in [0.15, 0.2) is 18.1 Å². The van der Waals surface area contributed by atoms with Crippen LogP contribution >= 0.6 is 11.6 Å². The van der Waals surface area contributed by atoms with Crippen molar-refractivity contribution in [1.29, 1.82) is 0 Å². The van der Waals surface area contributed by atoms with Crippen LogP contribution < -0.4 is 10.1 Å². The van der Waals surface area contributed by atoms with Crippen LogP contribution in [0.1, 0.15) is 30.0 Å². The summed E-state index contributed by atoms with van der Waals surface area (Å²) < 4.78 is 50.1. The summed E-state index contributed by atoms with van der Waals surface area (Å²) in [5.41, 5.74) is 2.16. The van der Waals surface area contributed by atoms with Gasteiger partial charge in [-0.05, 0) is 43.7 Å². The number of rotatable bonds is 7. The molecule has 0 bridgehead atoms. The smallest absolute Gasteiger partial charge is 0.422 e. The molecule has 3 aromatic rings. The van der Waals surface area contributed by atoms with Crippen LogP contribution in [0.4, 0.5) is 24.5 Å². The first kappa shape index (κ1) is 22.7. The third-order valence-electron chi connectivity index (χ3n) is 4.50. The Morgan fingerprint density at radius 3 is 2.48 bits per heavy atom. The molecule has 0 radical (unpaired) electrons. The van der Waals surface area contributed by atoms with E-state index in [0.717, 1.165) is 5.69 Å². The molecule has 0 saturated carbocycles. The third kappa shape index (κ3) is 5.04. The summed E-state index contributed by atoms with van der Waals surface area (Å²) in [4.78, 5) is 17.1. The van der Waals surface area contributed by atoms with E-state index in [1.54, 1.807) is 37.3 Å². The fourth-order valence-corrected chi connectivity index (χ4v) is 3.27. The Hall–Kier alpha value is -2.94. The van der Waals surface area contributed by atoms with Crippen molar-refractivity contribution < 1.29 is 27.4 Å². The Balaban J connectivity index is 2.16. The van der Waals surface area contributed by atoms with E-state index in [0.29, 0.717) is 28.5 Å². The maximum absolute atomic E-state index is 12.9. The van der Waals surface area contributed by atoms with Gasteiger partial charge >= 0.3 is 12.1 Å². The van der Waals surface area contributed by atoms with Gasteiger partial charge in [0.2, 0.25) is 0 Å². The Morgan fingerprint density at radius 1 is 1.23 bits per heavy atom. The molecule has 3 rings (SSSR count). The zero-order valence-electron chi connectivity index (χ0n) is 17.1. The number of benzene rings is 1. The lowest BCUT2D eigenvalue weighted by molar-refractivity contribution is -0.153. The molecule has 0 aliphatic heterocycles. The summed E-state index contributed by atoms with van der Waals surface area (Å²) in [5, 5.41) is 4.04. The zero-order valence-corrected chi connectivity index (χ0v) is 17.9. The molecular weight excluding hydrogens is 435 g/mol. The lowest BCUT2D eigenvalue weighted by Gasteiger charge is -2.12. The van der Waals surface area contributed by atoms with Crippen molar-refractivity contribution in [2.24, 2.45) is 7.05 Å². The predicted molar refractivity (Wildman–Crippen MR) is 112 cm³/mol. The molecule has 166 valence electrons. The highest BCUT2D eigenvalue weighted by molar-refractivity contribution is 6.30. The second-order valence-corrected chi connectivity index (χ2v) is 7.14. The first-order valence-electron chi connectivity index (χ1n) is 9.56. The highest BCUT2D eigenvalue weighted by Gasteiger charge is 2.32. The van der Waals surface area contributed by atoms with Crippen molar-refractivity contribution in [3.05, 3.63) is 46.7 Å². The van der Waals surface area contributed by atoms with Crippen molar-refractivity contribution in [2.75, 3.05) is 18.5 Å². The minimum absolute atomic E-state index is 0.0656. The van der Waals surface area contributed by atoms with Gasteiger partial charge in [-0.25, -0.2) is 9.78 Å². The normalized spacial score (nSPS) is 11.6. The molecule has 0 amide bonds. The van der Waals surface area contributed by atoms with E-state index in [9.17, 15) is 18.0 Å². The molecule has 0 atom stereocenters. The second-order valence-electron chi connectivity index (χ2n) is 6.70. The van der Waals surface area contributed by atoms with Crippen molar-refractivity contribution in [3.63, 3.8) is 0 Å². The van der Waals surface area contributed by atoms with E-state index in [4.69, 9.17) is 21.1 Å². The van der Waals surface area contributed by atoms with Gasteiger partial charge in [0, 0.05) is 17.8 Å². The molecule has 0 fully saturated rings. The number of halogens is 4. The molecule has 0 unspecified atom stereocenters. The van der Waals surface area contributed by atoms with Crippen molar-refractivity contribution >= 4 is 40.0 Å². The average molecular weight is 456 g/mol. The largest absolute Gasteiger partial charge is 0.481 e. The van der Waals surface area contributed by atoms with E-state index in [-0.39, 0.29) is 23.4 Å². The number of aromatic nitrogens is 2. The van der Waals surface area contributed by atoms with E-state index in [1.807, 2.05) is 6.92 Å². The molecule has 0 aliphatic rings. The average Bonchev–Trinajstić information content (AvgIpc) is 2.98. The third-order valence-corrected chi connectivity index (χ3v) is 4.75. The van der Waals surface area contributed by atoms with Crippen LogP contribution in [0.2, 0.25) is 5.02 Å². The van der Waals surface area contributed by atoms with Crippen molar-refractivity contribution in [2.45, 2.75) is 26.4 Å². The number of pyridine rings is 1. The molecule has 31 heavy (non-hydrogen) atoms. The summed E-state index contributed by atoms with van der Waals surface area (Å²) in [7, 11) is 1.54. The fraction of sp³-hybridized carbons (Fsp3) is 0.333. The summed E-state index contributed by atoms with van der Waals surface area (Å²) in [6.45, 7) is 2.03. The standard InChI is InChI=1S/C21H21ClF3N3O3/c1-4-15-16(26-13-8-6-12(22)7-9-13)10-14-18(31-11-21(23,24)25)17(20(29)30-5-2)28(3)19(14)27-15/h6-10,26H,4-5,11H2,1-3H3. The summed E-state index contributed by atoms with van der Waals surface area (Å²) in [6, 6.07) is 8.58. The summed E-state index contributed by atoms with van der Waals surface area (Å²) in [5.74, 6) is -1.01. The molecule has 1 N–H and O–H groups in total. The van der Waals surface area contributed by atoms with Gasteiger partial charge in [-0.3, -0.25) is 0 Å². The first-order valence-corrected chi connectivity index (χ1v) is 9.94.